The highest BCUT2D eigenvalue weighted by Gasteiger charge is 2.89. The van der Waals surface area contributed by atoms with Gasteiger partial charge in [0.25, 0.3) is 0 Å². The average molecular weight is 571 g/mol. The number of carbonyl (C=O) groups is 4. The lowest BCUT2D eigenvalue weighted by Crippen LogP contribution is -2.75. The van der Waals surface area contributed by atoms with E-state index >= 15 is 0 Å². The maximum atomic E-state index is 14.8. The normalized spacial score (nSPS) is 44.8. The van der Waals surface area contributed by atoms with Crippen molar-refractivity contribution in [1.82, 2.24) is 0 Å². The number of ketones is 1. The molecule has 10 nitrogen and oxygen atoms in total. The first-order valence-corrected chi connectivity index (χ1v) is 14.3. The van der Waals surface area contributed by atoms with E-state index in [1.165, 1.54) is 18.6 Å². The average Bonchev–Trinajstić information content (AvgIpc) is 3.48. The predicted molar refractivity (Wildman–Crippen MR) is 141 cm³/mol. The highest BCUT2D eigenvalue weighted by atomic mass is 16.7. The Kier molecular flexibility index (Phi) is 5.86. The molecule has 2 saturated carbocycles. The highest BCUT2D eigenvalue weighted by molar-refractivity contribution is 5.95. The van der Waals surface area contributed by atoms with Gasteiger partial charge >= 0.3 is 17.9 Å². The van der Waals surface area contributed by atoms with Crippen LogP contribution in [0.5, 0.6) is 0 Å². The minimum absolute atomic E-state index is 0.384. The maximum Gasteiger partial charge on any atom is 0.339 e. The first kappa shape index (κ1) is 28.2. The van der Waals surface area contributed by atoms with Gasteiger partial charge in [0, 0.05) is 27.9 Å². The minimum atomic E-state index is -1.46. The van der Waals surface area contributed by atoms with Crippen LogP contribution in [0, 0.1) is 34.0 Å². The molecule has 1 spiro atoms. The molecule has 10 atom stereocenters. The second-order valence-electron chi connectivity index (χ2n) is 14.0. The summed E-state index contributed by atoms with van der Waals surface area (Å²) in [4.78, 5) is 54.3. The van der Waals surface area contributed by atoms with E-state index < -0.39 is 87.4 Å². The second kappa shape index (κ2) is 8.53. The van der Waals surface area contributed by atoms with Crippen LogP contribution < -0.4 is 0 Å². The van der Waals surface area contributed by atoms with E-state index in [4.69, 9.17) is 23.4 Å². The van der Waals surface area contributed by atoms with Gasteiger partial charge in [0.15, 0.2) is 24.1 Å². The van der Waals surface area contributed by atoms with E-state index in [2.05, 4.69) is 0 Å². The zero-order valence-corrected chi connectivity index (χ0v) is 24.5. The van der Waals surface area contributed by atoms with E-state index in [-0.39, 0.29) is 5.92 Å². The van der Waals surface area contributed by atoms with Gasteiger partial charge in [0.05, 0.1) is 18.4 Å². The SMILES string of the molecule is CC(C)C(O)C(=O)O[C@H]1C(=O)[C@H]2C(C)(C)OC(=O)C=C[C@]2(C)[C@H]2CC[C@@]3(C)[C@@H](c4ccoc4)OC(=O)[C@H]4O[C@]43[C@@]21C. The molecule has 2 aliphatic carbocycles. The van der Waals surface area contributed by atoms with Gasteiger partial charge in [0.1, 0.15) is 17.3 Å². The highest BCUT2D eigenvalue weighted by Crippen LogP contribution is 2.79. The van der Waals surface area contributed by atoms with Gasteiger partial charge in [-0.25, -0.2) is 14.4 Å². The molecule has 5 aliphatic rings. The Labute approximate surface area is 238 Å². The molecule has 0 aromatic carbocycles. The zero-order valence-electron chi connectivity index (χ0n) is 24.5. The number of hydrogen-bond donors (Lipinski definition) is 1. The third-order valence-electron chi connectivity index (χ3n) is 11.0. The molecule has 0 amide bonds. The largest absolute Gasteiger partial charge is 0.472 e. The first-order valence-electron chi connectivity index (χ1n) is 14.3. The summed E-state index contributed by atoms with van der Waals surface area (Å²) in [5, 5.41) is 10.6. The molecule has 6 rings (SSSR count). The number of furan rings is 1. The molecule has 1 aromatic heterocycles. The fraction of sp³-hybridized carbons (Fsp3) is 0.677. The summed E-state index contributed by atoms with van der Waals surface area (Å²) in [6.45, 7) is 12.5. The summed E-state index contributed by atoms with van der Waals surface area (Å²) in [6, 6.07) is 1.74. The number of Topliss-reactive ketones (excluding diaryl/α,β-unsaturated/α-hetero) is 1. The van der Waals surface area contributed by atoms with Crippen molar-refractivity contribution in [3.8, 4) is 0 Å². The number of carbonyl (C=O) groups excluding carboxylic acids is 4. The van der Waals surface area contributed by atoms with Crippen molar-refractivity contribution in [2.45, 2.75) is 96.9 Å². The van der Waals surface area contributed by atoms with E-state index in [1.807, 2.05) is 20.8 Å². The van der Waals surface area contributed by atoms with Crippen LogP contribution in [0.2, 0.25) is 0 Å². The number of esters is 3. The van der Waals surface area contributed by atoms with Crippen LogP contribution in [0.1, 0.15) is 73.0 Å². The van der Waals surface area contributed by atoms with E-state index in [1.54, 1.807) is 39.8 Å². The van der Waals surface area contributed by atoms with Gasteiger partial charge in [-0.05, 0) is 44.6 Å². The summed E-state index contributed by atoms with van der Waals surface area (Å²) in [6.07, 6.45) is 2.71. The molecule has 2 saturated heterocycles. The number of ether oxygens (including phenoxy) is 4. The quantitative estimate of drug-likeness (QED) is 0.325. The van der Waals surface area contributed by atoms with Crippen LogP contribution in [0.25, 0.3) is 0 Å². The lowest BCUT2D eigenvalue weighted by Gasteiger charge is -2.66. The molecular formula is C31H38O10. The molecular weight excluding hydrogens is 532 g/mol. The molecule has 4 heterocycles. The molecule has 10 heteroatoms. The van der Waals surface area contributed by atoms with Crippen LogP contribution in [0.3, 0.4) is 0 Å². The van der Waals surface area contributed by atoms with Crippen LogP contribution in [-0.4, -0.2) is 58.3 Å². The molecule has 222 valence electrons. The smallest absolute Gasteiger partial charge is 0.339 e. The molecule has 1 N–H and O–H groups in total. The van der Waals surface area contributed by atoms with Crippen molar-refractivity contribution in [2.75, 3.05) is 0 Å². The van der Waals surface area contributed by atoms with Crippen LogP contribution in [-0.2, 0) is 38.1 Å². The Morgan fingerprint density at radius 1 is 1.10 bits per heavy atom. The minimum Gasteiger partial charge on any atom is -0.472 e. The molecule has 4 fully saturated rings. The summed E-state index contributed by atoms with van der Waals surface area (Å²) in [5.74, 6) is -4.20. The Morgan fingerprint density at radius 3 is 2.44 bits per heavy atom. The summed E-state index contributed by atoms with van der Waals surface area (Å²) in [5.41, 5.74) is -4.79. The number of aliphatic hydroxyl groups excluding tert-OH is 1. The van der Waals surface area contributed by atoms with E-state index in [9.17, 15) is 24.3 Å². The fourth-order valence-electron chi connectivity index (χ4n) is 9.34. The van der Waals surface area contributed by atoms with Crippen LogP contribution >= 0.6 is 0 Å². The number of cyclic esters (lactones) is 2. The molecule has 1 aromatic rings. The number of hydrogen-bond acceptors (Lipinski definition) is 10. The molecule has 41 heavy (non-hydrogen) atoms. The molecule has 3 aliphatic heterocycles. The fourth-order valence-corrected chi connectivity index (χ4v) is 9.34. The summed E-state index contributed by atoms with van der Waals surface area (Å²) in [7, 11) is 0. The van der Waals surface area contributed by atoms with Gasteiger partial charge < -0.3 is 28.5 Å². The van der Waals surface area contributed by atoms with Gasteiger partial charge in [-0.1, -0.05) is 40.7 Å². The van der Waals surface area contributed by atoms with E-state index in [0.717, 1.165) is 0 Å². The van der Waals surface area contributed by atoms with Crippen LogP contribution in [0.15, 0.2) is 35.2 Å². The number of rotatable bonds is 4. The summed E-state index contributed by atoms with van der Waals surface area (Å²) >= 11 is 0. The van der Waals surface area contributed by atoms with Gasteiger partial charge in [-0.2, -0.15) is 0 Å². The maximum absolute atomic E-state index is 14.8. The Morgan fingerprint density at radius 2 is 1.80 bits per heavy atom. The first-order chi connectivity index (χ1) is 19.1. The van der Waals surface area contributed by atoms with Crippen LogP contribution in [0.4, 0.5) is 0 Å². The molecule has 0 bridgehead atoms. The lowest BCUT2D eigenvalue weighted by atomic mass is 9.37. The van der Waals surface area contributed by atoms with Gasteiger partial charge in [-0.3, -0.25) is 4.79 Å². The Hall–Kier alpha value is -2.98. The third kappa shape index (κ3) is 3.37. The van der Waals surface area contributed by atoms with Crippen molar-refractivity contribution < 1.29 is 47.6 Å². The van der Waals surface area contributed by atoms with Gasteiger partial charge in [0.2, 0.25) is 0 Å². The van der Waals surface area contributed by atoms with Crippen molar-refractivity contribution in [3.63, 3.8) is 0 Å². The third-order valence-corrected chi connectivity index (χ3v) is 11.0. The predicted octanol–water partition coefficient (Wildman–Crippen LogP) is 3.46. The number of aliphatic hydroxyl groups is 1. The van der Waals surface area contributed by atoms with Gasteiger partial charge in [-0.15, -0.1) is 0 Å². The standard InChI is InChI=1S/C31H38O10/c1-15(2)19(33)25(35)39-23-20(34)21-27(3,4)40-18(32)9-11-28(21,5)17-8-12-29(6)22(16-10-13-37-14-16)38-26(36)24-31(29,41-24)30(17,23)7/h9-11,13-15,17,19,21-24,33H,8,12H2,1-7H3/t17-,19?,21+,22-,23+,24-,28-,29+,30+,31-/m1/s1. The topological polar surface area (TPSA) is 142 Å². The van der Waals surface area contributed by atoms with Crippen molar-refractivity contribution in [1.29, 1.82) is 0 Å². The monoisotopic (exact) mass is 570 g/mol. The number of allylic oxidation sites excluding steroid dienone is 1. The number of epoxide rings is 1. The summed E-state index contributed by atoms with van der Waals surface area (Å²) < 4.78 is 29.5. The zero-order chi connectivity index (χ0) is 29.9. The van der Waals surface area contributed by atoms with Crippen molar-refractivity contribution >= 4 is 23.7 Å². The molecule has 0 radical (unpaired) electrons. The van der Waals surface area contributed by atoms with Crippen molar-refractivity contribution in [2.24, 2.45) is 34.0 Å². The lowest BCUT2D eigenvalue weighted by molar-refractivity contribution is -0.248. The Balaban J connectivity index is 1.57. The van der Waals surface area contributed by atoms with E-state index in [0.29, 0.717) is 18.4 Å². The Bertz CT molecular complexity index is 1340. The van der Waals surface area contributed by atoms with Crippen molar-refractivity contribution in [3.05, 3.63) is 36.3 Å². The number of fused-ring (bicyclic) bond motifs is 3. The second-order valence-corrected chi connectivity index (χ2v) is 14.0. The molecule has 1 unspecified atom stereocenters.